The molecule has 3 heteroatoms. The van der Waals surface area contributed by atoms with Crippen molar-refractivity contribution in [3.8, 4) is 0 Å². The fourth-order valence-electron chi connectivity index (χ4n) is 1.72. The van der Waals surface area contributed by atoms with Gasteiger partial charge >= 0.3 is 5.97 Å². The number of rotatable bonds is 4. The van der Waals surface area contributed by atoms with Crippen molar-refractivity contribution in [2.45, 2.75) is 6.42 Å². The normalized spacial score (nSPS) is 10.6. The van der Waals surface area contributed by atoms with Crippen molar-refractivity contribution in [1.29, 1.82) is 0 Å². The third kappa shape index (κ3) is 4.07. The zero-order chi connectivity index (χ0) is 13.5. The molecule has 1 aromatic heterocycles. The standard InChI is InChI=1S/C16H15NO2/c1-19-16(18)9-8-13-4-6-14(7-5-13)11-15-3-2-10-17-12-15/h2-10,12H,11H2,1H3. The SMILES string of the molecule is COC(=O)C=Cc1ccc(Cc2cccnc2)cc1. The number of aromatic nitrogens is 1. The Balaban J connectivity index is 2.03. The largest absolute Gasteiger partial charge is 0.466 e. The van der Waals surface area contributed by atoms with E-state index in [1.165, 1.54) is 24.3 Å². The molecule has 0 N–H and O–H groups in total. The molecule has 2 aromatic rings. The van der Waals surface area contributed by atoms with Gasteiger partial charge in [-0.2, -0.15) is 0 Å². The van der Waals surface area contributed by atoms with Gasteiger partial charge in [-0.3, -0.25) is 4.98 Å². The van der Waals surface area contributed by atoms with Gasteiger partial charge in [0.1, 0.15) is 0 Å². The molecule has 0 amide bonds. The zero-order valence-electron chi connectivity index (χ0n) is 10.7. The van der Waals surface area contributed by atoms with Crippen LogP contribution in [0.1, 0.15) is 16.7 Å². The first-order valence-corrected chi connectivity index (χ1v) is 6.02. The first-order chi connectivity index (χ1) is 9.28. The highest BCUT2D eigenvalue weighted by molar-refractivity contribution is 5.86. The molecule has 0 atom stereocenters. The van der Waals surface area contributed by atoms with Crippen LogP contribution in [0.25, 0.3) is 6.08 Å². The van der Waals surface area contributed by atoms with E-state index in [0.717, 1.165) is 12.0 Å². The summed E-state index contributed by atoms with van der Waals surface area (Å²) < 4.78 is 4.54. The Kier molecular flexibility index (Phi) is 4.45. The zero-order valence-corrected chi connectivity index (χ0v) is 10.7. The third-order valence-electron chi connectivity index (χ3n) is 2.72. The lowest BCUT2D eigenvalue weighted by atomic mass is 10.0. The number of hydrogen-bond donors (Lipinski definition) is 0. The van der Waals surface area contributed by atoms with Gasteiger partial charge in [-0.15, -0.1) is 0 Å². The van der Waals surface area contributed by atoms with Crippen LogP contribution in [0.3, 0.4) is 0 Å². The topological polar surface area (TPSA) is 39.2 Å². The van der Waals surface area contributed by atoms with Gasteiger partial charge in [0, 0.05) is 18.5 Å². The summed E-state index contributed by atoms with van der Waals surface area (Å²) in [5, 5.41) is 0. The van der Waals surface area contributed by atoms with Gasteiger partial charge in [-0.05, 0) is 35.3 Å². The molecular weight excluding hydrogens is 238 g/mol. The van der Waals surface area contributed by atoms with Crippen molar-refractivity contribution in [2.75, 3.05) is 7.11 Å². The minimum atomic E-state index is -0.348. The first-order valence-electron chi connectivity index (χ1n) is 6.02. The Morgan fingerprint density at radius 3 is 2.63 bits per heavy atom. The molecule has 96 valence electrons. The van der Waals surface area contributed by atoms with E-state index in [2.05, 4.69) is 15.8 Å². The number of ether oxygens (including phenoxy) is 1. The van der Waals surface area contributed by atoms with E-state index in [9.17, 15) is 4.79 Å². The molecule has 0 aliphatic heterocycles. The molecule has 2 rings (SSSR count). The monoisotopic (exact) mass is 253 g/mol. The van der Waals surface area contributed by atoms with Gasteiger partial charge in [0.15, 0.2) is 0 Å². The van der Waals surface area contributed by atoms with Crippen molar-refractivity contribution >= 4 is 12.0 Å². The molecule has 0 aliphatic rings. The molecule has 1 heterocycles. The summed E-state index contributed by atoms with van der Waals surface area (Å²) in [5.41, 5.74) is 3.36. The number of methoxy groups -OCH3 is 1. The average molecular weight is 253 g/mol. The summed E-state index contributed by atoms with van der Waals surface area (Å²) in [6, 6.07) is 12.0. The second kappa shape index (κ2) is 6.50. The van der Waals surface area contributed by atoms with Gasteiger partial charge in [-0.25, -0.2) is 4.79 Å². The van der Waals surface area contributed by atoms with E-state index in [4.69, 9.17) is 0 Å². The molecular formula is C16H15NO2. The van der Waals surface area contributed by atoms with E-state index in [1.54, 1.807) is 12.3 Å². The van der Waals surface area contributed by atoms with E-state index in [-0.39, 0.29) is 5.97 Å². The number of carbonyl (C=O) groups excluding carboxylic acids is 1. The maximum Gasteiger partial charge on any atom is 0.330 e. The van der Waals surface area contributed by atoms with E-state index < -0.39 is 0 Å². The predicted molar refractivity (Wildman–Crippen MR) is 74.5 cm³/mol. The summed E-state index contributed by atoms with van der Waals surface area (Å²) in [6.07, 6.45) is 7.64. The van der Waals surface area contributed by atoms with Crippen molar-refractivity contribution in [3.05, 3.63) is 71.6 Å². The average Bonchev–Trinajstić information content (AvgIpc) is 2.47. The predicted octanol–water partition coefficient (Wildman–Crippen LogP) is 2.86. The van der Waals surface area contributed by atoms with Crippen LogP contribution in [-0.2, 0) is 16.0 Å². The number of benzene rings is 1. The fraction of sp³-hybridized carbons (Fsp3) is 0.125. The molecule has 0 saturated carbocycles. The summed E-state index contributed by atoms with van der Waals surface area (Å²) in [7, 11) is 1.36. The van der Waals surface area contributed by atoms with Gasteiger partial charge in [-0.1, -0.05) is 30.3 Å². The minimum absolute atomic E-state index is 0.348. The Morgan fingerprint density at radius 2 is 2.00 bits per heavy atom. The van der Waals surface area contributed by atoms with Gasteiger partial charge < -0.3 is 4.74 Å². The number of hydrogen-bond acceptors (Lipinski definition) is 3. The van der Waals surface area contributed by atoms with Gasteiger partial charge in [0.05, 0.1) is 7.11 Å². The Bertz CT molecular complexity index is 559. The molecule has 0 radical (unpaired) electrons. The molecule has 0 spiro atoms. The fourth-order valence-corrected chi connectivity index (χ4v) is 1.72. The van der Waals surface area contributed by atoms with Crippen LogP contribution in [0.2, 0.25) is 0 Å². The number of carbonyl (C=O) groups is 1. The highest BCUT2D eigenvalue weighted by Crippen LogP contribution is 2.11. The number of nitrogens with zero attached hydrogens (tertiary/aromatic N) is 1. The second-order valence-corrected chi connectivity index (χ2v) is 4.14. The van der Waals surface area contributed by atoms with Gasteiger partial charge in [0.25, 0.3) is 0 Å². The Hall–Kier alpha value is -2.42. The molecule has 0 saturated heterocycles. The van der Waals surface area contributed by atoms with Crippen LogP contribution < -0.4 is 0 Å². The summed E-state index contributed by atoms with van der Waals surface area (Å²) in [4.78, 5) is 15.1. The molecule has 19 heavy (non-hydrogen) atoms. The van der Waals surface area contributed by atoms with E-state index >= 15 is 0 Å². The lowest BCUT2D eigenvalue weighted by molar-refractivity contribution is -0.134. The lowest BCUT2D eigenvalue weighted by Crippen LogP contribution is -1.93. The van der Waals surface area contributed by atoms with Crippen molar-refractivity contribution in [1.82, 2.24) is 4.98 Å². The molecule has 1 aromatic carbocycles. The highest BCUT2D eigenvalue weighted by Gasteiger charge is 1.97. The third-order valence-corrected chi connectivity index (χ3v) is 2.72. The van der Waals surface area contributed by atoms with E-state index in [0.29, 0.717) is 0 Å². The molecule has 0 aliphatic carbocycles. The maximum atomic E-state index is 11.0. The number of pyridine rings is 1. The second-order valence-electron chi connectivity index (χ2n) is 4.14. The van der Waals surface area contributed by atoms with Crippen molar-refractivity contribution in [3.63, 3.8) is 0 Å². The van der Waals surface area contributed by atoms with Gasteiger partial charge in [0.2, 0.25) is 0 Å². The van der Waals surface area contributed by atoms with E-state index in [1.807, 2.05) is 36.5 Å². The lowest BCUT2D eigenvalue weighted by Gasteiger charge is -2.02. The summed E-state index contributed by atoms with van der Waals surface area (Å²) in [6.45, 7) is 0. The molecule has 0 fully saturated rings. The highest BCUT2D eigenvalue weighted by atomic mass is 16.5. The summed E-state index contributed by atoms with van der Waals surface area (Å²) >= 11 is 0. The smallest absolute Gasteiger partial charge is 0.330 e. The quantitative estimate of drug-likeness (QED) is 0.621. The Labute approximate surface area is 112 Å². The molecule has 0 bridgehead atoms. The van der Waals surface area contributed by atoms with Crippen LogP contribution in [-0.4, -0.2) is 18.1 Å². The number of esters is 1. The van der Waals surface area contributed by atoms with Crippen LogP contribution >= 0.6 is 0 Å². The van der Waals surface area contributed by atoms with Crippen LogP contribution in [0.4, 0.5) is 0 Å². The minimum Gasteiger partial charge on any atom is -0.466 e. The van der Waals surface area contributed by atoms with Crippen molar-refractivity contribution < 1.29 is 9.53 Å². The Morgan fingerprint density at radius 1 is 1.21 bits per heavy atom. The van der Waals surface area contributed by atoms with Crippen LogP contribution in [0.15, 0.2) is 54.9 Å². The van der Waals surface area contributed by atoms with Crippen LogP contribution in [0.5, 0.6) is 0 Å². The van der Waals surface area contributed by atoms with Crippen molar-refractivity contribution in [2.24, 2.45) is 0 Å². The van der Waals surface area contributed by atoms with Crippen LogP contribution in [0, 0.1) is 0 Å². The maximum absolute atomic E-state index is 11.0. The summed E-state index contributed by atoms with van der Waals surface area (Å²) in [5.74, 6) is -0.348. The first kappa shape index (κ1) is 13.0. The molecule has 3 nitrogen and oxygen atoms in total. The molecule has 0 unspecified atom stereocenters.